The lowest BCUT2D eigenvalue weighted by atomic mass is 10.3. The van der Waals surface area contributed by atoms with Crippen LogP contribution in [0.2, 0.25) is 0 Å². The summed E-state index contributed by atoms with van der Waals surface area (Å²) in [6, 6.07) is 8.80. The molecule has 1 aromatic carbocycles. The fourth-order valence-corrected chi connectivity index (χ4v) is 2.93. The van der Waals surface area contributed by atoms with Gasteiger partial charge in [-0.05, 0) is 47.6 Å². The molecule has 0 atom stereocenters. The Morgan fingerprint density at radius 3 is 2.78 bits per heavy atom. The molecule has 2 rings (SSSR count). The molecule has 0 radical (unpaired) electrons. The Morgan fingerprint density at radius 1 is 1.28 bits per heavy atom. The molecule has 1 heterocycles. The average Bonchev–Trinajstić information content (AvgIpc) is 2.90. The Morgan fingerprint density at radius 2 is 2.11 bits per heavy atom. The Bertz CT molecular complexity index is 607. The third kappa shape index (κ3) is 3.10. The molecule has 0 fully saturated rings. The van der Waals surface area contributed by atoms with Gasteiger partial charge in [0.2, 0.25) is 10.0 Å². The lowest BCUT2D eigenvalue weighted by Gasteiger charge is -2.07. The molecule has 0 saturated heterocycles. The van der Waals surface area contributed by atoms with E-state index in [1.807, 2.05) is 17.5 Å². The minimum absolute atomic E-state index is 0.264. The summed E-state index contributed by atoms with van der Waals surface area (Å²) in [5.74, 6) is 0. The van der Waals surface area contributed by atoms with Crippen LogP contribution in [0.3, 0.4) is 0 Å². The number of anilines is 1. The summed E-state index contributed by atoms with van der Waals surface area (Å²) in [7, 11) is -1.98. The van der Waals surface area contributed by atoms with Crippen LogP contribution in [0.15, 0.2) is 46.0 Å². The van der Waals surface area contributed by atoms with Gasteiger partial charge in [-0.25, -0.2) is 13.1 Å². The standard InChI is InChI=1S/C12H14N2O2S2/c1-13-18(15,16)12-4-2-3-11(7-12)14-8-10-5-6-17-9-10/h2-7,9,13-14H,8H2,1H3. The van der Waals surface area contributed by atoms with Crippen molar-refractivity contribution < 1.29 is 8.42 Å². The van der Waals surface area contributed by atoms with Gasteiger partial charge >= 0.3 is 0 Å². The van der Waals surface area contributed by atoms with E-state index in [0.717, 1.165) is 5.69 Å². The fourth-order valence-electron chi connectivity index (χ4n) is 1.49. The quantitative estimate of drug-likeness (QED) is 0.884. The monoisotopic (exact) mass is 282 g/mol. The molecule has 1 aromatic heterocycles. The Kier molecular flexibility index (Phi) is 4.00. The van der Waals surface area contributed by atoms with Gasteiger partial charge in [0.1, 0.15) is 0 Å². The molecule has 2 N–H and O–H groups in total. The zero-order chi connectivity index (χ0) is 13.0. The summed E-state index contributed by atoms with van der Waals surface area (Å²) in [5, 5.41) is 7.27. The predicted molar refractivity (Wildman–Crippen MR) is 74.3 cm³/mol. The Hall–Kier alpha value is -1.37. The molecular formula is C12H14N2O2S2. The van der Waals surface area contributed by atoms with Crippen LogP contribution in [0.1, 0.15) is 5.56 Å². The van der Waals surface area contributed by atoms with Gasteiger partial charge in [0.15, 0.2) is 0 Å². The molecule has 18 heavy (non-hydrogen) atoms. The first-order valence-electron chi connectivity index (χ1n) is 5.40. The number of thiophene rings is 1. The van der Waals surface area contributed by atoms with Gasteiger partial charge in [-0.3, -0.25) is 0 Å². The van der Waals surface area contributed by atoms with Crippen molar-refractivity contribution in [2.45, 2.75) is 11.4 Å². The third-order valence-corrected chi connectivity index (χ3v) is 4.63. The number of nitrogens with one attached hydrogen (secondary N) is 2. The summed E-state index contributed by atoms with van der Waals surface area (Å²) in [5.41, 5.74) is 1.97. The molecule has 96 valence electrons. The highest BCUT2D eigenvalue weighted by Crippen LogP contribution is 2.16. The van der Waals surface area contributed by atoms with E-state index in [1.54, 1.807) is 29.5 Å². The smallest absolute Gasteiger partial charge is 0.240 e. The minimum Gasteiger partial charge on any atom is -0.381 e. The summed E-state index contributed by atoms with van der Waals surface area (Å²) < 4.78 is 25.6. The second kappa shape index (κ2) is 5.51. The molecule has 0 spiro atoms. The number of hydrogen-bond donors (Lipinski definition) is 2. The van der Waals surface area contributed by atoms with Crippen LogP contribution in [-0.4, -0.2) is 15.5 Å². The third-order valence-electron chi connectivity index (χ3n) is 2.49. The highest BCUT2D eigenvalue weighted by Gasteiger charge is 2.10. The van der Waals surface area contributed by atoms with E-state index in [9.17, 15) is 8.42 Å². The molecule has 2 aromatic rings. The van der Waals surface area contributed by atoms with Crippen LogP contribution in [0.25, 0.3) is 0 Å². The van der Waals surface area contributed by atoms with Crippen LogP contribution < -0.4 is 10.0 Å². The second-order valence-electron chi connectivity index (χ2n) is 3.72. The van der Waals surface area contributed by atoms with Crippen LogP contribution >= 0.6 is 11.3 Å². The minimum atomic E-state index is -3.38. The van der Waals surface area contributed by atoms with E-state index in [-0.39, 0.29) is 4.90 Å². The highest BCUT2D eigenvalue weighted by atomic mass is 32.2. The van der Waals surface area contributed by atoms with E-state index < -0.39 is 10.0 Å². The van der Waals surface area contributed by atoms with Gasteiger partial charge in [-0.15, -0.1) is 0 Å². The van der Waals surface area contributed by atoms with Gasteiger partial charge < -0.3 is 5.32 Å². The van der Waals surface area contributed by atoms with Gasteiger partial charge in [-0.2, -0.15) is 11.3 Å². The largest absolute Gasteiger partial charge is 0.381 e. The molecule has 0 bridgehead atoms. The van der Waals surface area contributed by atoms with Gasteiger partial charge in [-0.1, -0.05) is 6.07 Å². The van der Waals surface area contributed by atoms with Gasteiger partial charge in [0.25, 0.3) is 0 Å². The highest BCUT2D eigenvalue weighted by molar-refractivity contribution is 7.89. The number of benzene rings is 1. The molecule has 0 aliphatic carbocycles. The normalized spacial score (nSPS) is 11.4. The molecular weight excluding hydrogens is 268 g/mol. The first-order valence-corrected chi connectivity index (χ1v) is 7.83. The number of hydrogen-bond acceptors (Lipinski definition) is 4. The van der Waals surface area contributed by atoms with E-state index >= 15 is 0 Å². The van der Waals surface area contributed by atoms with Gasteiger partial charge in [0.05, 0.1) is 4.90 Å². The van der Waals surface area contributed by atoms with Crippen LogP contribution in [0, 0.1) is 0 Å². The van der Waals surface area contributed by atoms with Crippen molar-refractivity contribution in [2.75, 3.05) is 12.4 Å². The average molecular weight is 282 g/mol. The molecule has 6 heteroatoms. The van der Waals surface area contributed by atoms with Crippen LogP contribution in [-0.2, 0) is 16.6 Å². The van der Waals surface area contributed by atoms with Crippen molar-refractivity contribution >= 4 is 27.0 Å². The van der Waals surface area contributed by atoms with Gasteiger partial charge in [0, 0.05) is 12.2 Å². The maximum atomic E-state index is 11.6. The first kappa shape index (κ1) is 13.1. The first-order chi connectivity index (χ1) is 8.62. The molecule has 0 aliphatic heterocycles. The van der Waals surface area contributed by atoms with Crippen molar-refractivity contribution in [3.05, 3.63) is 46.7 Å². The van der Waals surface area contributed by atoms with Crippen molar-refractivity contribution in [1.29, 1.82) is 0 Å². The summed E-state index contributed by atoms with van der Waals surface area (Å²) >= 11 is 1.64. The lowest BCUT2D eigenvalue weighted by molar-refractivity contribution is 0.588. The van der Waals surface area contributed by atoms with Crippen LogP contribution in [0.4, 0.5) is 5.69 Å². The van der Waals surface area contributed by atoms with Crippen molar-refractivity contribution in [3.63, 3.8) is 0 Å². The number of sulfonamides is 1. The zero-order valence-corrected chi connectivity index (χ0v) is 11.5. The van der Waals surface area contributed by atoms with E-state index in [1.165, 1.54) is 12.6 Å². The zero-order valence-electron chi connectivity index (χ0n) is 9.88. The maximum absolute atomic E-state index is 11.6. The van der Waals surface area contributed by atoms with E-state index in [2.05, 4.69) is 15.4 Å². The predicted octanol–water partition coefficient (Wildman–Crippen LogP) is 2.27. The van der Waals surface area contributed by atoms with Crippen molar-refractivity contribution in [3.8, 4) is 0 Å². The Balaban J connectivity index is 2.13. The Labute approximate surface area is 111 Å². The molecule has 0 amide bonds. The molecule has 0 aliphatic rings. The van der Waals surface area contributed by atoms with Crippen molar-refractivity contribution in [2.24, 2.45) is 0 Å². The van der Waals surface area contributed by atoms with E-state index in [0.29, 0.717) is 6.54 Å². The lowest BCUT2D eigenvalue weighted by Crippen LogP contribution is -2.18. The fraction of sp³-hybridized carbons (Fsp3) is 0.167. The van der Waals surface area contributed by atoms with Crippen molar-refractivity contribution in [1.82, 2.24) is 4.72 Å². The molecule has 0 unspecified atom stereocenters. The van der Waals surface area contributed by atoms with E-state index in [4.69, 9.17) is 0 Å². The number of rotatable bonds is 5. The summed E-state index contributed by atoms with van der Waals surface area (Å²) in [4.78, 5) is 0.264. The SMILES string of the molecule is CNS(=O)(=O)c1cccc(NCc2ccsc2)c1. The second-order valence-corrected chi connectivity index (χ2v) is 6.39. The molecule has 0 saturated carbocycles. The van der Waals surface area contributed by atoms with Crippen LogP contribution in [0.5, 0.6) is 0 Å². The molecule has 4 nitrogen and oxygen atoms in total. The maximum Gasteiger partial charge on any atom is 0.240 e. The summed E-state index contributed by atoms with van der Waals surface area (Å²) in [6.07, 6.45) is 0. The summed E-state index contributed by atoms with van der Waals surface area (Å²) in [6.45, 7) is 0.687. The topological polar surface area (TPSA) is 58.2 Å².